The first kappa shape index (κ1) is 12.9. The molecule has 0 radical (unpaired) electrons. The number of nitrogens with one attached hydrogen (secondary N) is 2. The predicted octanol–water partition coefficient (Wildman–Crippen LogP) is 3.53. The van der Waals surface area contributed by atoms with Crippen LogP contribution < -0.4 is 10.6 Å². The third kappa shape index (κ3) is 2.90. The molecule has 104 valence electrons. The fourth-order valence-electron chi connectivity index (χ4n) is 2.57. The lowest BCUT2D eigenvalue weighted by atomic mass is 10.1. The molecule has 0 saturated heterocycles. The number of hydrogen-bond donors (Lipinski definition) is 2. The van der Waals surface area contributed by atoms with Crippen LogP contribution in [0.2, 0.25) is 0 Å². The molecule has 1 aliphatic rings. The van der Waals surface area contributed by atoms with Crippen LogP contribution in [0.5, 0.6) is 0 Å². The van der Waals surface area contributed by atoms with Crippen LogP contribution in [0.25, 0.3) is 0 Å². The maximum atomic E-state index is 4.27. The Bertz CT molecular complexity index is 595. The molecule has 4 heteroatoms. The van der Waals surface area contributed by atoms with Crippen molar-refractivity contribution in [3.8, 4) is 0 Å². The van der Waals surface area contributed by atoms with Crippen LogP contribution in [0, 0.1) is 0 Å². The maximum Gasteiger partial charge on any atom is 0.135 e. The fourth-order valence-corrected chi connectivity index (χ4v) is 2.57. The van der Waals surface area contributed by atoms with Crippen molar-refractivity contribution in [3.63, 3.8) is 0 Å². The van der Waals surface area contributed by atoms with Gasteiger partial charge in [0.05, 0.1) is 0 Å². The molecular formula is C16H20N4. The van der Waals surface area contributed by atoms with Gasteiger partial charge in [-0.05, 0) is 48.9 Å². The summed E-state index contributed by atoms with van der Waals surface area (Å²) in [5, 5.41) is 6.63. The number of rotatable bonds is 5. The Morgan fingerprint density at radius 1 is 1.05 bits per heavy atom. The summed E-state index contributed by atoms with van der Waals surface area (Å²) < 4.78 is 0. The number of benzene rings is 1. The minimum atomic E-state index is 0.830. The van der Waals surface area contributed by atoms with Gasteiger partial charge >= 0.3 is 0 Å². The van der Waals surface area contributed by atoms with Crippen LogP contribution in [-0.2, 0) is 12.8 Å². The van der Waals surface area contributed by atoms with E-state index in [-0.39, 0.29) is 0 Å². The van der Waals surface area contributed by atoms with Gasteiger partial charge in [0.25, 0.3) is 0 Å². The number of anilines is 3. The molecule has 0 bridgehead atoms. The van der Waals surface area contributed by atoms with E-state index in [0.717, 1.165) is 30.3 Å². The Balaban J connectivity index is 1.74. The van der Waals surface area contributed by atoms with Gasteiger partial charge in [-0.25, -0.2) is 9.97 Å². The Morgan fingerprint density at radius 2 is 1.90 bits per heavy atom. The average molecular weight is 268 g/mol. The molecule has 2 N–H and O–H groups in total. The molecule has 0 atom stereocenters. The fraction of sp³-hybridized carbons (Fsp3) is 0.375. The first-order chi connectivity index (χ1) is 9.85. The summed E-state index contributed by atoms with van der Waals surface area (Å²) in [7, 11) is 0. The van der Waals surface area contributed by atoms with E-state index in [1.165, 1.54) is 30.4 Å². The Labute approximate surface area is 119 Å². The van der Waals surface area contributed by atoms with Gasteiger partial charge in [-0.3, -0.25) is 0 Å². The molecule has 1 heterocycles. The summed E-state index contributed by atoms with van der Waals surface area (Å²) in [5.41, 5.74) is 4.06. The van der Waals surface area contributed by atoms with Crippen molar-refractivity contribution in [3.05, 3.63) is 41.7 Å². The zero-order valence-corrected chi connectivity index (χ0v) is 11.8. The second kappa shape index (κ2) is 5.90. The minimum Gasteiger partial charge on any atom is -0.370 e. The third-order valence-corrected chi connectivity index (χ3v) is 3.59. The molecule has 4 nitrogen and oxygen atoms in total. The third-order valence-electron chi connectivity index (χ3n) is 3.59. The van der Waals surface area contributed by atoms with E-state index in [2.05, 4.69) is 45.7 Å². The molecule has 0 spiro atoms. The van der Waals surface area contributed by atoms with Crippen molar-refractivity contribution in [2.45, 2.75) is 32.6 Å². The van der Waals surface area contributed by atoms with Gasteiger partial charge in [0.15, 0.2) is 0 Å². The van der Waals surface area contributed by atoms with Gasteiger partial charge < -0.3 is 10.6 Å². The van der Waals surface area contributed by atoms with E-state index in [9.17, 15) is 0 Å². The molecule has 3 rings (SSSR count). The summed E-state index contributed by atoms with van der Waals surface area (Å²) in [6, 6.07) is 8.54. The molecule has 1 aromatic carbocycles. The summed E-state index contributed by atoms with van der Waals surface area (Å²) in [4.78, 5) is 8.49. The van der Waals surface area contributed by atoms with Gasteiger partial charge in [-0.2, -0.15) is 0 Å². The molecule has 0 aliphatic heterocycles. The Kier molecular flexibility index (Phi) is 3.81. The first-order valence-corrected chi connectivity index (χ1v) is 7.30. The molecule has 1 aromatic heterocycles. The van der Waals surface area contributed by atoms with E-state index >= 15 is 0 Å². The molecule has 20 heavy (non-hydrogen) atoms. The van der Waals surface area contributed by atoms with Crippen LogP contribution >= 0.6 is 0 Å². The number of aryl methyl sites for hydroxylation is 2. The van der Waals surface area contributed by atoms with Crippen LogP contribution in [0.4, 0.5) is 17.3 Å². The van der Waals surface area contributed by atoms with Gasteiger partial charge in [-0.1, -0.05) is 13.0 Å². The molecule has 0 saturated carbocycles. The van der Waals surface area contributed by atoms with Crippen LogP contribution in [0.3, 0.4) is 0 Å². The van der Waals surface area contributed by atoms with Crippen LogP contribution in [-0.4, -0.2) is 16.5 Å². The standard InChI is InChI=1S/C16H20N4/c1-2-8-17-15-10-16(19-11-18-15)20-14-7-6-12-4-3-5-13(12)9-14/h6-7,9-11H,2-5,8H2,1H3,(H2,17,18,19,20). The monoisotopic (exact) mass is 268 g/mol. The zero-order chi connectivity index (χ0) is 13.8. The summed E-state index contributed by atoms with van der Waals surface area (Å²) in [6.07, 6.45) is 6.36. The number of aromatic nitrogens is 2. The molecule has 1 aliphatic carbocycles. The van der Waals surface area contributed by atoms with Gasteiger partial charge in [0.2, 0.25) is 0 Å². The van der Waals surface area contributed by atoms with Crippen molar-refractivity contribution in [1.82, 2.24) is 9.97 Å². The lowest BCUT2D eigenvalue weighted by molar-refractivity contribution is 0.912. The Morgan fingerprint density at radius 3 is 2.80 bits per heavy atom. The molecule has 0 fully saturated rings. The molecule has 0 unspecified atom stereocenters. The number of hydrogen-bond acceptors (Lipinski definition) is 4. The van der Waals surface area contributed by atoms with Gasteiger partial charge in [0, 0.05) is 18.3 Å². The number of fused-ring (bicyclic) bond motifs is 1. The molecule has 2 aromatic rings. The van der Waals surface area contributed by atoms with Crippen molar-refractivity contribution in [2.75, 3.05) is 17.2 Å². The van der Waals surface area contributed by atoms with Crippen molar-refractivity contribution in [1.29, 1.82) is 0 Å². The van der Waals surface area contributed by atoms with Crippen LogP contribution in [0.15, 0.2) is 30.6 Å². The second-order valence-electron chi connectivity index (χ2n) is 5.18. The van der Waals surface area contributed by atoms with Crippen LogP contribution in [0.1, 0.15) is 30.9 Å². The maximum absolute atomic E-state index is 4.27. The molecular weight excluding hydrogens is 248 g/mol. The normalized spacial score (nSPS) is 13.1. The average Bonchev–Trinajstić information content (AvgIpc) is 2.93. The number of nitrogens with zero attached hydrogens (tertiary/aromatic N) is 2. The summed E-state index contributed by atoms with van der Waals surface area (Å²) >= 11 is 0. The lowest BCUT2D eigenvalue weighted by Crippen LogP contribution is -2.03. The summed E-state index contributed by atoms with van der Waals surface area (Å²) in [5.74, 6) is 1.70. The topological polar surface area (TPSA) is 49.8 Å². The van der Waals surface area contributed by atoms with Crippen molar-refractivity contribution < 1.29 is 0 Å². The highest BCUT2D eigenvalue weighted by Crippen LogP contribution is 2.26. The SMILES string of the molecule is CCCNc1cc(Nc2ccc3c(c2)CCC3)ncn1. The smallest absolute Gasteiger partial charge is 0.135 e. The van der Waals surface area contributed by atoms with Crippen molar-refractivity contribution in [2.24, 2.45) is 0 Å². The largest absolute Gasteiger partial charge is 0.370 e. The summed E-state index contributed by atoms with van der Waals surface area (Å²) in [6.45, 7) is 3.06. The minimum absolute atomic E-state index is 0.830. The first-order valence-electron chi connectivity index (χ1n) is 7.30. The van der Waals surface area contributed by atoms with Gasteiger partial charge in [0.1, 0.15) is 18.0 Å². The Hall–Kier alpha value is -2.10. The predicted molar refractivity (Wildman–Crippen MR) is 82.6 cm³/mol. The highest BCUT2D eigenvalue weighted by Gasteiger charge is 2.10. The highest BCUT2D eigenvalue weighted by atomic mass is 15.1. The van der Waals surface area contributed by atoms with Crippen molar-refractivity contribution >= 4 is 17.3 Å². The van der Waals surface area contributed by atoms with Gasteiger partial charge in [-0.15, -0.1) is 0 Å². The van der Waals surface area contributed by atoms with E-state index in [1.54, 1.807) is 6.33 Å². The molecule has 0 amide bonds. The van der Waals surface area contributed by atoms with E-state index in [4.69, 9.17) is 0 Å². The quantitative estimate of drug-likeness (QED) is 0.871. The lowest BCUT2D eigenvalue weighted by Gasteiger charge is -2.09. The highest BCUT2D eigenvalue weighted by molar-refractivity contribution is 5.60. The second-order valence-corrected chi connectivity index (χ2v) is 5.18. The zero-order valence-electron chi connectivity index (χ0n) is 11.8. The van der Waals surface area contributed by atoms with E-state index in [1.807, 2.05) is 6.07 Å². The van der Waals surface area contributed by atoms with E-state index in [0.29, 0.717) is 0 Å². The van der Waals surface area contributed by atoms with E-state index < -0.39 is 0 Å².